The van der Waals surface area contributed by atoms with Crippen molar-refractivity contribution in [3.8, 4) is 17.2 Å². The second-order valence-electron chi connectivity index (χ2n) is 11.4. The van der Waals surface area contributed by atoms with Crippen molar-refractivity contribution in [1.29, 1.82) is 0 Å². The Morgan fingerprint density at radius 1 is 0.886 bits per heavy atom. The van der Waals surface area contributed by atoms with E-state index in [1.54, 1.807) is 12.1 Å². The maximum absolute atomic E-state index is 13.9. The van der Waals surface area contributed by atoms with Gasteiger partial charge in [0.15, 0.2) is 11.5 Å². The third-order valence-electron chi connectivity index (χ3n) is 9.12. The number of amides is 2. The van der Waals surface area contributed by atoms with Crippen molar-refractivity contribution >= 4 is 35.8 Å². The van der Waals surface area contributed by atoms with E-state index in [2.05, 4.69) is 22.8 Å². The number of benzene rings is 3. The molecular formula is C34H41Cl2N3O5. The van der Waals surface area contributed by atoms with Gasteiger partial charge in [0.05, 0.1) is 26.7 Å². The van der Waals surface area contributed by atoms with Gasteiger partial charge in [0.25, 0.3) is 5.91 Å². The fourth-order valence-corrected chi connectivity index (χ4v) is 6.79. The van der Waals surface area contributed by atoms with Crippen molar-refractivity contribution in [2.45, 2.75) is 36.5 Å². The minimum atomic E-state index is -0.551. The lowest BCUT2D eigenvalue weighted by atomic mass is 9.72. The molecule has 0 radical (unpaired) electrons. The second kappa shape index (κ2) is 14.5. The highest BCUT2D eigenvalue weighted by molar-refractivity contribution is 6.30. The van der Waals surface area contributed by atoms with Crippen molar-refractivity contribution < 1.29 is 23.8 Å². The van der Waals surface area contributed by atoms with Crippen LogP contribution in [0.4, 0.5) is 0 Å². The molecule has 2 aliphatic rings. The number of ether oxygens (including phenoxy) is 3. The summed E-state index contributed by atoms with van der Waals surface area (Å²) in [6.07, 6.45) is 2.95. The molecule has 0 saturated carbocycles. The zero-order chi connectivity index (χ0) is 30.5. The minimum Gasteiger partial charge on any atom is -0.493 e. The van der Waals surface area contributed by atoms with Gasteiger partial charge in [0.2, 0.25) is 11.7 Å². The van der Waals surface area contributed by atoms with E-state index in [1.165, 1.54) is 21.3 Å². The molecule has 44 heavy (non-hydrogen) atoms. The van der Waals surface area contributed by atoms with Crippen molar-refractivity contribution in [3.05, 3.63) is 88.4 Å². The van der Waals surface area contributed by atoms with Gasteiger partial charge in [-0.05, 0) is 74.2 Å². The quantitative estimate of drug-likeness (QED) is 0.308. The average Bonchev–Trinajstić information content (AvgIpc) is 3.49. The highest BCUT2D eigenvalue weighted by Gasteiger charge is 2.44. The maximum Gasteiger partial charge on any atom is 0.254 e. The normalized spacial score (nSPS) is 19.0. The lowest BCUT2D eigenvalue weighted by molar-refractivity contribution is -0.127. The first-order chi connectivity index (χ1) is 20.9. The van der Waals surface area contributed by atoms with Crippen LogP contribution in [-0.2, 0) is 15.6 Å². The van der Waals surface area contributed by atoms with Crippen LogP contribution in [0.1, 0.15) is 47.2 Å². The molecule has 5 rings (SSSR count). The number of methoxy groups -OCH3 is 3. The summed E-state index contributed by atoms with van der Waals surface area (Å²) in [6.45, 7) is 3.18. The van der Waals surface area contributed by atoms with Gasteiger partial charge in [-0.2, -0.15) is 0 Å². The van der Waals surface area contributed by atoms with E-state index in [9.17, 15) is 9.59 Å². The third kappa shape index (κ3) is 6.63. The first kappa shape index (κ1) is 33.4. The number of carbonyl (C=O) groups is 2. The Balaban J connectivity index is 0.00000442. The molecule has 2 heterocycles. The van der Waals surface area contributed by atoms with Crippen LogP contribution in [0.25, 0.3) is 0 Å². The Hall–Kier alpha value is -3.46. The number of nitrogens with one attached hydrogen (secondary N) is 2. The Morgan fingerprint density at radius 2 is 1.52 bits per heavy atom. The van der Waals surface area contributed by atoms with Crippen molar-refractivity contribution in [1.82, 2.24) is 15.5 Å². The SMILES string of the molecule is COc1cc(C(=O)N2CCC(CCNC(=O)C3(c4ccccc4)CCNCC3)(c3ccc(Cl)cc3)C2)cc(OC)c1OC.Cl. The van der Waals surface area contributed by atoms with Crippen LogP contribution >= 0.6 is 24.0 Å². The largest absolute Gasteiger partial charge is 0.493 e. The molecule has 2 aliphatic heterocycles. The monoisotopic (exact) mass is 641 g/mol. The number of hydrogen-bond donors (Lipinski definition) is 2. The fourth-order valence-electron chi connectivity index (χ4n) is 6.66. The topological polar surface area (TPSA) is 89.1 Å². The Labute approximate surface area is 270 Å². The zero-order valence-corrected chi connectivity index (χ0v) is 27.1. The van der Waals surface area contributed by atoms with E-state index in [4.69, 9.17) is 25.8 Å². The van der Waals surface area contributed by atoms with Crippen LogP contribution in [0, 0.1) is 0 Å². The highest BCUT2D eigenvalue weighted by Crippen LogP contribution is 2.42. The summed E-state index contributed by atoms with van der Waals surface area (Å²) in [7, 11) is 4.61. The Bertz CT molecular complexity index is 1410. The first-order valence-electron chi connectivity index (χ1n) is 14.8. The van der Waals surface area contributed by atoms with Crippen LogP contribution in [0.5, 0.6) is 17.2 Å². The number of rotatable bonds is 10. The molecule has 0 aliphatic carbocycles. The second-order valence-corrected chi connectivity index (χ2v) is 11.8. The van der Waals surface area contributed by atoms with Gasteiger partial charge in [-0.1, -0.05) is 54.1 Å². The molecule has 0 aromatic heterocycles. The Kier molecular flexibility index (Phi) is 11.1. The number of likely N-dealkylation sites (tertiary alicyclic amines) is 1. The summed E-state index contributed by atoms with van der Waals surface area (Å²) in [4.78, 5) is 29.5. The van der Waals surface area contributed by atoms with Crippen LogP contribution < -0.4 is 24.8 Å². The van der Waals surface area contributed by atoms with E-state index in [0.29, 0.717) is 53.9 Å². The fraction of sp³-hybridized carbons (Fsp3) is 0.412. The molecule has 2 fully saturated rings. The molecule has 3 aromatic rings. The third-order valence-corrected chi connectivity index (χ3v) is 9.37. The summed E-state index contributed by atoms with van der Waals surface area (Å²) in [6, 6.07) is 21.3. The molecule has 8 nitrogen and oxygen atoms in total. The first-order valence-corrected chi connectivity index (χ1v) is 15.1. The van der Waals surface area contributed by atoms with E-state index in [1.807, 2.05) is 47.4 Å². The van der Waals surface area contributed by atoms with Gasteiger partial charge in [0.1, 0.15) is 0 Å². The summed E-state index contributed by atoms with van der Waals surface area (Å²) >= 11 is 6.25. The molecule has 1 atom stereocenters. The molecule has 3 aromatic carbocycles. The molecular weight excluding hydrogens is 601 g/mol. The lowest BCUT2D eigenvalue weighted by Crippen LogP contribution is -2.51. The maximum atomic E-state index is 13.9. The minimum absolute atomic E-state index is 0. The van der Waals surface area contributed by atoms with E-state index >= 15 is 0 Å². The van der Waals surface area contributed by atoms with Gasteiger partial charge in [-0.25, -0.2) is 0 Å². The molecule has 236 valence electrons. The number of halogens is 2. The van der Waals surface area contributed by atoms with E-state index in [0.717, 1.165) is 43.5 Å². The van der Waals surface area contributed by atoms with Gasteiger partial charge in [-0.3, -0.25) is 9.59 Å². The van der Waals surface area contributed by atoms with Gasteiger partial charge in [0, 0.05) is 35.6 Å². The smallest absolute Gasteiger partial charge is 0.254 e. The van der Waals surface area contributed by atoms with Crippen molar-refractivity contribution in [2.75, 3.05) is 54.1 Å². The number of piperidine rings is 1. The van der Waals surface area contributed by atoms with E-state index in [-0.39, 0.29) is 29.6 Å². The van der Waals surface area contributed by atoms with Crippen LogP contribution in [-0.4, -0.2) is 70.8 Å². The van der Waals surface area contributed by atoms with Crippen LogP contribution in [0.15, 0.2) is 66.7 Å². The van der Waals surface area contributed by atoms with Crippen LogP contribution in [0.3, 0.4) is 0 Å². The average molecular weight is 643 g/mol. The van der Waals surface area contributed by atoms with Crippen molar-refractivity contribution in [2.24, 2.45) is 0 Å². The molecule has 0 bridgehead atoms. The predicted octanol–water partition coefficient (Wildman–Crippen LogP) is 5.40. The number of hydrogen-bond acceptors (Lipinski definition) is 6. The Morgan fingerprint density at radius 3 is 2.11 bits per heavy atom. The summed E-state index contributed by atoms with van der Waals surface area (Å²) in [5, 5.41) is 7.35. The van der Waals surface area contributed by atoms with Gasteiger partial charge >= 0.3 is 0 Å². The summed E-state index contributed by atoms with van der Waals surface area (Å²) in [5.41, 5.74) is 1.73. The number of nitrogens with zero attached hydrogens (tertiary/aromatic N) is 1. The van der Waals surface area contributed by atoms with Crippen molar-refractivity contribution in [3.63, 3.8) is 0 Å². The predicted molar refractivity (Wildman–Crippen MR) is 175 cm³/mol. The molecule has 1 unspecified atom stereocenters. The molecule has 2 amide bonds. The summed E-state index contributed by atoms with van der Waals surface area (Å²) < 4.78 is 16.4. The standard InChI is InChI=1S/C34H40ClN3O5.ClH/c1-41-28-21-24(22-29(42-2)30(28)43-3)31(39)38-20-16-33(23-38,25-9-11-27(35)12-10-25)13-19-37-32(40)34(14-17-36-18-15-34)26-7-5-4-6-8-26;/h4-12,21-22,36H,13-20,23H2,1-3H3,(H,37,40);1H. The van der Waals surface area contributed by atoms with E-state index < -0.39 is 5.41 Å². The van der Waals surface area contributed by atoms with Gasteiger partial charge < -0.3 is 29.7 Å². The molecule has 0 spiro atoms. The molecule has 2 N–H and O–H groups in total. The molecule has 10 heteroatoms. The van der Waals surface area contributed by atoms with Crippen LogP contribution in [0.2, 0.25) is 5.02 Å². The zero-order valence-electron chi connectivity index (χ0n) is 25.5. The van der Waals surface area contributed by atoms with Gasteiger partial charge in [-0.15, -0.1) is 12.4 Å². The molecule has 2 saturated heterocycles. The summed E-state index contributed by atoms with van der Waals surface area (Å²) in [5.74, 6) is 1.26. The number of carbonyl (C=O) groups excluding carboxylic acids is 2. The lowest BCUT2D eigenvalue weighted by Gasteiger charge is -2.37. The highest BCUT2D eigenvalue weighted by atomic mass is 35.5.